The molecule has 0 bridgehead atoms. The molecule has 2 aliphatic heterocycles. The number of allylic oxidation sites excluding steroid dienone is 2. The summed E-state index contributed by atoms with van der Waals surface area (Å²) < 4.78 is 31.8. The van der Waals surface area contributed by atoms with E-state index in [4.69, 9.17) is 23.7 Å². The van der Waals surface area contributed by atoms with Gasteiger partial charge in [0.2, 0.25) is 12.5 Å². The van der Waals surface area contributed by atoms with Crippen LogP contribution in [0.25, 0.3) is 33.2 Å². The van der Waals surface area contributed by atoms with Crippen molar-refractivity contribution < 1.29 is 33.4 Å². The second-order valence-electron chi connectivity index (χ2n) is 12.8. The van der Waals surface area contributed by atoms with Crippen LogP contribution in [0.15, 0.2) is 92.2 Å². The van der Waals surface area contributed by atoms with Crippen LogP contribution in [0.3, 0.4) is 0 Å². The van der Waals surface area contributed by atoms with Crippen molar-refractivity contribution in [2.45, 2.75) is 51.5 Å². The first-order chi connectivity index (χ1) is 24.5. The molecule has 50 heavy (non-hydrogen) atoms. The highest BCUT2D eigenvalue weighted by atomic mass is 16.7. The third kappa shape index (κ3) is 6.36. The minimum absolute atomic E-state index is 0.259. The lowest BCUT2D eigenvalue weighted by Gasteiger charge is -2.21. The molecule has 1 aromatic heterocycles. The summed E-state index contributed by atoms with van der Waals surface area (Å²) in [7, 11) is 3.39. The molecule has 2 aliphatic rings. The van der Waals surface area contributed by atoms with Crippen LogP contribution >= 0.6 is 0 Å². The average Bonchev–Trinajstić information content (AvgIpc) is 3.60. The Balaban J connectivity index is 1.09. The maximum Gasteiger partial charge on any atom is 0.231 e. The highest BCUT2D eigenvalue weighted by Gasteiger charge is 2.32. The lowest BCUT2D eigenvalue weighted by molar-refractivity contribution is -0.686. The topological polar surface area (TPSA) is 70.3 Å². The third-order valence-electron chi connectivity index (χ3n) is 9.75. The van der Waals surface area contributed by atoms with Gasteiger partial charge < -0.3 is 28.8 Å². The number of fused-ring (bicyclic) bond motifs is 5. The largest absolute Gasteiger partial charge is 0.507 e. The highest BCUT2D eigenvalue weighted by Crippen LogP contribution is 2.44. The van der Waals surface area contributed by atoms with Crippen molar-refractivity contribution in [1.29, 1.82) is 0 Å². The van der Waals surface area contributed by atoms with Gasteiger partial charge in [0, 0.05) is 22.9 Å². The molecular formula is C43H44NO6+. The number of aryl methyl sites for hydroxylation is 3. The van der Waals surface area contributed by atoms with E-state index < -0.39 is 0 Å². The number of rotatable bonds is 14. The molecule has 5 aromatic rings. The van der Waals surface area contributed by atoms with E-state index in [0.717, 1.165) is 101 Å². The number of pyridine rings is 1. The summed E-state index contributed by atoms with van der Waals surface area (Å²) >= 11 is 0. The van der Waals surface area contributed by atoms with Gasteiger partial charge in [-0.15, -0.1) is 13.2 Å². The predicted octanol–water partition coefficient (Wildman–Crippen LogP) is 8.72. The van der Waals surface area contributed by atoms with Gasteiger partial charge in [0.15, 0.2) is 35.7 Å². The molecule has 1 N–H and O–H groups in total. The summed E-state index contributed by atoms with van der Waals surface area (Å²) in [5.74, 6) is 4.22. The molecular weight excluding hydrogens is 626 g/mol. The first-order valence-corrected chi connectivity index (χ1v) is 17.4. The maximum absolute atomic E-state index is 10.6. The molecule has 0 saturated heterocycles. The number of phenolic OH excluding ortho intramolecular Hbond substituents is 1. The van der Waals surface area contributed by atoms with Gasteiger partial charge in [-0.3, -0.25) is 0 Å². The Hall–Kier alpha value is -5.43. The average molecular weight is 671 g/mol. The van der Waals surface area contributed by atoms with Gasteiger partial charge in [-0.1, -0.05) is 24.3 Å². The van der Waals surface area contributed by atoms with E-state index in [1.807, 2.05) is 42.5 Å². The number of methoxy groups -OCH3 is 2. The van der Waals surface area contributed by atoms with Gasteiger partial charge in [0.25, 0.3) is 0 Å². The van der Waals surface area contributed by atoms with Gasteiger partial charge in [0.1, 0.15) is 11.5 Å². The van der Waals surface area contributed by atoms with Gasteiger partial charge in [0.05, 0.1) is 31.8 Å². The Labute approximate surface area is 294 Å². The summed E-state index contributed by atoms with van der Waals surface area (Å²) in [5.41, 5.74) is 8.93. The lowest BCUT2D eigenvalue weighted by atomic mass is 9.89. The van der Waals surface area contributed by atoms with E-state index in [1.54, 1.807) is 20.3 Å². The third-order valence-corrected chi connectivity index (χ3v) is 9.75. The summed E-state index contributed by atoms with van der Waals surface area (Å²) in [6, 6.07) is 20.3. The second kappa shape index (κ2) is 14.6. The van der Waals surface area contributed by atoms with Crippen molar-refractivity contribution in [2.24, 2.45) is 0 Å². The molecule has 0 fully saturated rings. The Bertz CT molecular complexity index is 2080. The number of unbranched alkanes of at least 4 members (excludes halogenated alkanes) is 2. The fourth-order valence-electron chi connectivity index (χ4n) is 7.34. The Morgan fingerprint density at radius 3 is 2.44 bits per heavy atom. The lowest BCUT2D eigenvalue weighted by Crippen LogP contribution is -2.41. The molecule has 0 radical (unpaired) electrons. The van der Waals surface area contributed by atoms with E-state index in [9.17, 15) is 5.11 Å². The predicted molar refractivity (Wildman–Crippen MR) is 197 cm³/mol. The molecule has 0 spiro atoms. The van der Waals surface area contributed by atoms with Gasteiger partial charge in [-0.05, 0) is 109 Å². The Morgan fingerprint density at radius 1 is 0.820 bits per heavy atom. The van der Waals surface area contributed by atoms with Crippen molar-refractivity contribution >= 4 is 10.8 Å². The van der Waals surface area contributed by atoms with Gasteiger partial charge in [-0.2, -0.15) is 4.57 Å². The number of hydrogen-bond acceptors (Lipinski definition) is 6. The number of hydrogen-bond donors (Lipinski definition) is 1. The number of aromatic nitrogens is 1. The standard InChI is InChI=1S/C43H43NO6/c1-5-10-28-13-16-37(45)34(22-28)29-14-17-38(31(23-29)11-6-2)48-21-9-7-8-12-33-32-15-18-39(46-3)43(47-4)36(32)26-44-20-19-30-24-40-41(50-27-49-40)25-35(30)42(33)44/h5-6,13-18,22-26H,1-2,7-12,19-21,27H2,3-4H3/p+1. The molecule has 7 heteroatoms. The van der Waals surface area contributed by atoms with Gasteiger partial charge >= 0.3 is 0 Å². The number of ether oxygens (including phenoxy) is 5. The smallest absolute Gasteiger partial charge is 0.231 e. The van der Waals surface area contributed by atoms with E-state index in [1.165, 1.54) is 27.8 Å². The monoisotopic (exact) mass is 670 g/mol. The van der Waals surface area contributed by atoms with Crippen LogP contribution in [-0.2, 0) is 32.2 Å². The van der Waals surface area contributed by atoms with Crippen LogP contribution in [0.2, 0.25) is 0 Å². The fraction of sp³-hybridized carbons (Fsp3) is 0.279. The van der Waals surface area contributed by atoms with E-state index >= 15 is 0 Å². The Kier molecular flexibility index (Phi) is 9.65. The van der Waals surface area contributed by atoms with Crippen molar-refractivity contribution in [3.05, 3.63) is 114 Å². The number of benzene rings is 4. The first kappa shape index (κ1) is 33.1. The summed E-state index contributed by atoms with van der Waals surface area (Å²) in [5, 5.41) is 12.8. The second-order valence-corrected chi connectivity index (χ2v) is 12.8. The fourth-order valence-corrected chi connectivity index (χ4v) is 7.34. The maximum atomic E-state index is 10.6. The van der Waals surface area contributed by atoms with E-state index in [2.05, 4.69) is 48.2 Å². The minimum atomic E-state index is 0.259. The van der Waals surface area contributed by atoms with Crippen molar-refractivity contribution in [1.82, 2.24) is 0 Å². The molecule has 0 aliphatic carbocycles. The van der Waals surface area contributed by atoms with E-state index in [0.29, 0.717) is 13.0 Å². The zero-order valence-electron chi connectivity index (χ0n) is 28.9. The zero-order chi connectivity index (χ0) is 34.6. The SMILES string of the molecule is C=CCc1ccc(O)c(-c2ccc(OCCCCCc3c4[n+](cc5c(OC)c(OC)ccc35)CCc3cc5c(cc3-4)OCO5)c(CC=C)c2)c1. The van der Waals surface area contributed by atoms with Crippen molar-refractivity contribution in [3.63, 3.8) is 0 Å². The normalized spacial score (nSPS) is 12.7. The molecule has 0 amide bonds. The summed E-state index contributed by atoms with van der Waals surface area (Å²) in [4.78, 5) is 0. The molecule has 0 unspecified atom stereocenters. The molecule has 7 rings (SSSR count). The molecule has 0 atom stereocenters. The molecule has 256 valence electrons. The number of aromatic hydroxyl groups is 1. The van der Waals surface area contributed by atoms with Crippen LogP contribution in [0.4, 0.5) is 0 Å². The van der Waals surface area contributed by atoms with Crippen molar-refractivity contribution in [2.75, 3.05) is 27.6 Å². The van der Waals surface area contributed by atoms with E-state index in [-0.39, 0.29) is 12.5 Å². The molecule has 7 nitrogen and oxygen atoms in total. The highest BCUT2D eigenvalue weighted by molar-refractivity contribution is 5.95. The van der Waals surface area contributed by atoms with Crippen LogP contribution in [-0.4, -0.2) is 32.7 Å². The summed E-state index contributed by atoms with van der Waals surface area (Å²) in [6.07, 6.45) is 12.1. The minimum Gasteiger partial charge on any atom is -0.507 e. The Morgan fingerprint density at radius 2 is 1.64 bits per heavy atom. The van der Waals surface area contributed by atoms with Crippen LogP contribution < -0.4 is 28.3 Å². The van der Waals surface area contributed by atoms with Crippen LogP contribution in [0.1, 0.15) is 41.5 Å². The molecule has 3 heterocycles. The van der Waals surface area contributed by atoms with Crippen molar-refractivity contribution in [3.8, 4) is 56.9 Å². The number of phenols is 1. The quantitative estimate of drug-likeness (QED) is 0.0724. The summed E-state index contributed by atoms with van der Waals surface area (Å²) in [6.45, 7) is 9.55. The zero-order valence-corrected chi connectivity index (χ0v) is 28.9. The number of nitrogens with zero attached hydrogens (tertiary/aromatic N) is 1. The molecule has 0 saturated carbocycles. The first-order valence-electron chi connectivity index (χ1n) is 17.4. The van der Waals surface area contributed by atoms with Crippen LogP contribution in [0, 0.1) is 0 Å². The van der Waals surface area contributed by atoms with Crippen LogP contribution in [0.5, 0.6) is 34.5 Å². The molecule has 4 aromatic carbocycles. The van der Waals surface area contributed by atoms with Gasteiger partial charge in [-0.25, -0.2) is 0 Å².